The van der Waals surface area contributed by atoms with Gasteiger partial charge >= 0.3 is 0 Å². The predicted molar refractivity (Wildman–Crippen MR) is 96.1 cm³/mol. The maximum Gasteiger partial charge on any atom is 0.275 e. The van der Waals surface area contributed by atoms with Crippen LogP contribution in [0.2, 0.25) is 0 Å². The van der Waals surface area contributed by atoms with Crippen LogP contribution in [-0.4, -0.2) is 21.7 Å². The zero-order chi connectivity index (χ0) is 18.5. The molecule has 2 aromatic carbocycles. The van der Waals surface area contributed by atoms with E-state index >= 15 is 0 Å². The van der Waals surface area contributed by atoms with E-state index in [0.29, 0.717) is 22.8 Å². The van der Waals surface area contributed by atoms with Gasteiger partial charge < -0.3 is 10.6 Å². The van der Waals surface area contributed by atoms with Crippen molar-refractivity contribution in [3.8, 4) is 0 Å². The first kappa shape index (κ1) is 17.2. The van der Waals surface area contributed by atoms with E-state index in [1.807, 2.05) is 0 Å². The Kier molecular flexibility index (Phi) is 4.98. The van der Waals surface area contributed by atoms with Gasteiger partial charge in [0.05, 0.1) is 12.4 Å². The fourth-order valence-corrected chi connectivity index (χ4v) is 2.21. The SMILES string of the molecule is CC(=O)c1ccc(NC(=O)c2cnc(Nc3cccc(F)c3)cn2)cc1. The molecule has 0 saturated carbocycles. The number of nitrogens with zero attached hydrogens (tertiary/aromatic N) is 2. The Labute approximate surface area is 149 Å². The maximum absolute atomic E-state index is 13.2. The molecule has 1 aromatic heterocycles. The molecule has 0 aliphatic rings. The molecule has 6 nitrogen and oxygen atoms in total. The summed E-state index contributed by atoms with van der Waals surface area (Å²) < 4.78 is 13.2. The Balaban J connectivity index is 1.65. The Bertz CT molecular complexity index is 941. The molecule has 0 bridgehead atoms. The van der Waals surface area contributed by atoms with Gasteiger partial charge in [0, 0.05) is 16.9 Å². The summed E-state index contributed by atoms with van der Waals surface area (Å²) in [7, 11) is 0. The Morgan fingerprint density at radius 3 is 2.35 bits per heavy atom. The van der Waals surface area contributed by atoms with Crippen LogP contribution >= 0.6 is 0 Å². The fraction of sp³-hybridized carbons (Fsp3) is 0.0526. The molecule has 1 heterocycles. The van der Waals surface area contributed by atoms with Crippen LogP contribution in [0.15, 0.2) is 60.9 Å². The number of aromatic nitrogens is 2. The van der Waals surface area contributed by atoms with E-state index < -0.39 is 5.91 Å². The van der Waals surface area contributed by atoms with Crippen LogP contribution in [-0.2, 0) is 0 Å². The van der Waals surface area contributed by atoms with Crippen LogP contribution in [0.4, 0.5) is 21.6 Å². The van der Waals surface area contributed by atoms with Crippen LogP contribution in [0.3, 0.4) is 0 Å². The third-order valence-electron chi connectivity index (χ3n) is 3.53. The van der Waals surface area contributed by atoms with Gasteiger partial charge in [0.1, 0.15) is 17.3 Å². The van der Waals surface area contributed by atoms with Crippen LogP contribution < -0.4 is 10.6 Å². The fourth-order valence-electron chi connectivity index (χ4n) is 2.21. The predicted octanol–water partition coefficient (Wildman–Crippen LogP) is 3.81. The molecule has 26 heavy (non-hydrogen) atoms. The summed E-state index contributed by atoms with van der Waals surface area (Å²) in [6, 6.07) is 12.5. The number of hydrogen-bond acceptors (Lipinski definition) is 5. The lowest BCUT2D eigenvalue weighted by Gasteiger charge is -2.07. The van der Waals surface area contributed by atoms with Gasteiger partial charge in [-0.25, -0.2) is 14.4 Å². The minimum Gasteiger partial charge on any atom is -0.339 e. The molecular formula is C19H15FN4O2. The van der Waals surface area contributed by atoms with Gasteiger partial charge in [-0.05, 0) is 49.4 Å². The standard InChI is InChI=1S/C19H15FN4O2/c1-12(25)13-5-7-15(8-6-13)24-19(26)17-10-22-18(11-21-17)23-16-4-2-3-14(20)9-16/h2-11H,1H3,(H,22,23)(H,24,26). The summed E-state index contributed by atoms with van der Waals surface area (Å²) in [6.45, 7) is 1.47. The molecule has 130 valence electrons. The van der Waals surface area contributed by atoms with E-state index in [2.05, 4.69) is 20.6 Å². The third kappa shape index (κ3) is 4.27. The van der Waals surface area contributed by atoms with Crippen molar-refractivity contribution in [3.63, 3.8) is 0 Å². The quantitative estimate of drug-likeness (QED) is 0.684. The molecule has 0 spiro atoms. The largest absolute Gasteiger partial charge is 0.339 e. The lowest BCUT2D eigenvalue weighted by atomic mass is 10.1. The number of hydrogen-bond donors (Lipinski definition) is 2. The molecule has 0 fully saturated rings. The van der Waals surface area contributed by atoms with Crippen molar-refractivity contribution in [1.29, 1.82) is 0 Å². The highest BCUT2D eigenvalue weighted by Gasteiger charge is 2.09. The van der Waals surface area contributed by atoms with Crippen molar-refractivity contribution in [2.75, 3.05) is 10.6 Å². The second-order valence-corrected chi connectivity index (χ2v) is 5.51. The van der Waals surface area contributed by atoms with Crippen molar-refractivity contribution < 1.29 is 14.0 Å². The third-order valence-corrected chi connectivity index (χ3v) is 3.53. The van der Waals surface area contributed by atoms with Crippen molar-refractivity contribution >= 4 is 28.9 Å². The van der Waals surface area contributed by atoms with Gasteiger partial charge in [0.15, 0.2) is 5.78 Å². The van der Waals surface area contributed by atoms with E-state index in [1.165, 1.54) is 31.5 Å². The summed E-state index contributed by atoms with van der Waals surface area (Å²) >= 11 is 0. The Morgan fingerprint density at radius 2 is 1.73 bits per heavy atom. The van der Waals surface area contributed by atoms with Crippen LogP contribution in [0.1, 0.15) is 27.8 Å². The topological polar surface area (TPSA) is 84.0 Å². The number of amides is 1. The average molecular weight is 350 g/mol. The summed E-state index contributed by atoms with van der Waals surface area (Å²) in [6.07, 6.45) is 2.71. The second kappa shape index (κ2) is 7.52. The number of benzene rings is 2. The number of halogens is 1. The molecular weight excluding hydrogens is 335 g/mol. The summed E-state index contributed by atoms with van der Waals surface area (Å²) in [5.74, 6) is -0.451. The average Bonchev–Trinajstić information content (AvgIpc) is 2.63. The molecule has 0 aliphatic heterocycles. The van der Waals surface area contributed by atoms with Gasteiger partial charge in [-0.1, -0.05) is 6.07 Å². The molecule has 7 heteroatoms. The molecule has 0 saturated heterocycles. The monoisotopic (exact) mass is 350 g/mol. The van der Waals surface area contributed by atoms with Crippen molar-refractivity contribution in [1.82, 2.24) is 9.97 Å². The number of carbonyl (C=O) groups is 2. The lowest BCUT2D eigenvalue weighted by molar-refractivity contribution is 0.101. The van der Waals surface area contributed by atoms with E-state index in [1.54, 1.807) is 36.4 Å². The van der Waals surface area contributed by atoms with Crippen LogP contribution in [0.25, 0.3) is 0 Å². The Morgan fingerprint density at radius 1 is 0.962 bits per heavy atom. The first-order valence-corrected chi connectivity index (χ1v) is 7.78. The normalized spacial score (nSPS) is 10.2. The van der Waals surface area contributed by atoms with Gasteiger partial charge in [0.2, 0.25) is 0 Å². The highest BCUT2D eigenvalue weighted by molar-refractivity contribution is 6.03. The van der Waals surface area contributed by atoms with Crippen LogP contribution in [0.5, 0.6) is 0 Å². The summed E-state index contributed by atoms with van der Waals surface area (Å²) in [5, 5.41) is 5.58. The zero-order valence-corrected chi connectivity index (χ0v) is 13.9. The van der Waals surface area contributed by atoms with E-state index in [9.17, 15) is 14.0 Å². The highest BCUT2D eigenvalue weighted by Crippen LogP contribution is 2.15. The van der Waals surface area contributed by atoms with E-state index in [0.717, 1.165) is 0 Å². The number of Topliss-reactive ketones (excluding diaryl/α,β-unsaturated/α-hetero) is 1. The molecule has 0 unspecified atom stereocenters. The maximum atomic E-state index is 13.2. The van der Waals surface area contributed by atoms with Crippen molar-refractivity contribution in [2.45, 2.75) is 6.92 Å². The molecule has 0 aliphatic carbocycles. The van der Waals surface area contributed by atoms with Crippen molar-refractivity contribution in [3.05, 3.63) is 78.0 Å². The van der Waals surface area contributed by atoms with E-state index in [-0.39, 0.29) is 17.3 Å². The molecule has 3 aromatic rings. The van der Waals surface area contributed by atoms with Gasteiger partial charge in [-0.3, -0.25) is 9.59 Å². The summed E-state index contributed by atoms with van der Waals surface area (Å²) in [4.78, 5) is 31.6. The number of anilines is 3. The van der Waals surface area contributed by atoms with Crippen LogP contribution in [0, 0.1) is 5.82 Å². The molecule has 3 rings (SSSR count). The smallest absolute Gasteiger partial charge is 0.275 e. The minimum absolute atomic E-state index is 0.0462. The first-order chi connectivity index (χ1) is 12.5. The first-order valence-electron chi connectivity index (χ1n) is 7.78. The zero-order valence-electron chi connectivity index (χ0n) is 13.9. The van der Waals surface area contributed by atoms with Crippen molar-refractivity contribution in [2.24, 2.45) is 0 Å². The lowest BCUT2D eigenvalue weighted by Crippen LogP contribution is -2.14. The second-order valence-electron chi connectivity index (χ2n) is 5.51. The summed E-state index contributed by atoms with van der Waals surface area (Å²) in [5.41, 5.74) is 1.77. The molecule has 0 atom stereocenters. The minimum atomic E-state index is -0.426. The molecule has 1 amide bonds. The molecule has 0 radical (unpaired) electrons. The number of rotatable bonds is 5. The number of ketones is 1. The number of nitrogens with one attached hydrogen (secondary N) is 2. The van der Waals surface area contributed by atoms with E-state index in [4.69, 9.17) is 0 Å². The van der Waals surface area contributed by atoms with Gasteiger partial charge in [0.25, 0.3) is 5.91 Å². The van der Waals surface area contributed by atoms with Gasteiger partial charge in [-0.15, -0.1) is 0 Å². The highest BCUT2D eigenvalue weighted by atomic mass is 19.1. The number of carbonyl (C=O) groups excluding carboxylic acids is 2. The van der Waals surface area contributed by atoms with Gasteiger partial charge in [-0.2, -0.15) is 0 Å². The Hall–Kier alpha value is -3.61. The molecule has 2 N–H and O–H groups in total.